The number of β-amino-alcohol motifs (C(OH)–C–C–N with tert-alkyl or cyclic N) is 1. The molecule has 1 aliphatic rings. The van der Waals surface area contributed by atoms with Crippen LogP contribution in [0.2, 0.25) is 5.02 Å². The second-order valence-electron chi connectivity index (χ2n) is 5.22. The maximum absolute atomic E-state index is 12.2. The Balaban J connectivity index is 1.83. The molecule has 0 aromatic heterocycles. The highest BCUT2D eigenvalue weighted by molar-refractivity contribution is 6.30. The Bertz CT molecular complexity index is 458. The van der Waals surface area contributed by atoms with Crippen LogP contribution < -0.4 is 0 Å². The lowest BCUT2D eigenvalue weighted by molar-refractivity contribution is -0.135. The van der Waals surface area contributed by atoms with Gasteiger partial charge in [-0.05, 0) is 17.7 Å². The number of hydrogen-bond acceptors (Lipinski definition) is 4. The number of rotatable bonds is 5. The normalized spacial score (nSPS) is 17.8. The van der Waals surface area contributed by atoms with E-state index >= 15 is 0 Å². The molecular weight excluding hydrogens is 292 g/mol. The van der Waals surface area contributed by atoms with Gasteiger partial charge in [0, 0.05) is 37.7 Å². The van der Waals surface area contributed by atoms with E-state index in [9.17, 15) is 9.90 Å². The van der Waals surface area contributed by atoms with Gasteiger partial charge in [0.2, 0.25) is 5.91 Å². The van der Waals surface area contributed by atoms with Gasteiger partial charge in [-0.15, -0.1) is 0 Å². The highest BCUT2D eigenvalue weighted by Gasteiger charge is 2.23. The van der Waals surface area contributed by atoms with Gasteiger partial charge in [0.25, 0.3) is 0 Å². The molecule has 0 saturated carbocycles. The van der Waals surface area contributed by atoms with Crippen molar-refractivity contribution in [2.45, 2.75) is 12.5 Å². The summed E-state index contributed by atoms with van der Waals surface area (Å²) in [6.07, 6.45) is -0.716. The molecule has 1 heterocycles. The molecule has 0 spiro atoms. The molecule has 1 fully saturated rings. The molecule has 1 aromatic carbocycles. The second kappa shape index (κ2) is 7.75. The van der Waals surface area contributed by atoms with E-state index in [0.29, 0.717) is 30.2 Å². The average molecular weight is 313 g/mol. The summed E-state index contributed by atoms with van der Waals surface area (Å²) in [6.45, 7) is 3.61. The van der Waals surface area contributed by atoms with E-state index in [1.165, 1.54) is 0 Å². The minimum Gasteiger partial charge on any atom is -0.395 e. The van der Waals surface area contributed by atoms with Crippen LogP contribution in [-0.4, -0.2) is 65.3 Å². The minimum absolute atomic E-state index is 0.0406. The van der Waals surface area contributed by atoms with Crippen LogP contribution in [0.15, 0.2) is 24.3 Å². The highest BCUT2D eigenvalue weighted by Crippen LogP contribution is 2.20. The fraction of sp³-hybridized carbons (Fsp3) is 0.533. The molecule has 1 aromatic rings. The number of amides is 1. The summed E-state index contributed by atoms with van der Waals surface area (Å²) in [6, 6.07) is 6.88. The van der Waals surface area contributed by atoms with Crippen LogP contribution in [0.3, 0.4) is 0 Å². The third-order valence-electron chi connectivity index (χ3n) is 3.76. The van der Waals surface area contributed by atoms with E-state index in [2.05, 4.69) is 4.90 Å². The van der Waals surface area contributed by atoms with Crippen LogP contribution in [-0.2, 0) is 4.79 Å². The molecule has 1 atom stereocenters. The average Bonchev–Trinajstić information content (AvgIpc) is 2.49. The van der Waals surface area contributed by atoms with E-state index in [0.717, 1.165) is 13.1 Å². The smallest absolute Gasteiger partial charge is 0.225 e. The van der Waals surface area contributed by atoms with Crippen LogP contribution >= 0.6 is 11.6 Å². The van der Waals surface area contributed by atoms with Gasteiger partial charge in [-0.3, -0.25) is 9.69 Å². The van der Waals surface area contributed by atoms with E-state index < -0.39 is 6.10 Å². The molecular formula is C15H21ClN2O3. The Kier molecular flexibility index (Phi) is 5.99. The van der Waals surface area contributed by atoms with Gasteiger partial charge in [-0.2, -0.15) is 0 Å². The first-order valence-corrected chi connectivity index (χ1v) is 7.52. The van der Waals surface area contributed by atoms with Crippen molar-refractivity contribution in [3.05, 3.63) is 34.9 Å². The van der Waals surface area contributed by atoms with Gasteiger partial charge in [0.15, 0.2) is 0 Å². The minimum atomic E-state index is -0.801. The number of aliphatic hydroxyl groups is 2. The van der Waals surface area contributed by atoms with Crippen LogP contribution in [0, 0.1) is 0 Å². The van der Waals surface area contributed by atoms with Crippen LogP contribution in [0.1, 0.15) is 18.1 Å². The number of carbonyl (C=O) groups is 1. The van der Waals surface area contributed by atoms with Crippen molar-refractivity contribution in [2.24, 2.45) is 0 Å². The second-order valence-corrected chi connectivity index (χ2v) is 5.65. The van der Waals surface area contributed by atoms with E-state index in [1.54, 1.807) is 29.2 Å². The predicted molar refractivity (Wildman–Crippen MR) is 81.1 cm³/mol. The fourth-order valence-corrected chi connectivity index (χ4v) is 2.59. The van der Waals surface area contributed by atoms with Gasteiger partial charge in [-0.25, -0.2) is 0 Å². The van der Waals surface area contributed by atoms with Crippen molar-refractivity contribution in [3.63, 3.8) is 0 Å². The Morgan fingerprint density at radius 3 is 2.38 bits per heavy atom. The number of piperazine rings is 1. The molecule has 5 nitrogen and oxygen atoms in total. The third-order valence-corrected chi connectivity index (χ3v) is 4.02. The number of halogens is 1. The zero-order valence-corrected chi connectivity index (χ0v) is 12.7. The third kappa shape index (κ3) is 4.68. The molecule has 2 rings (SSSR count). The molecule has 6 heteroatoms. The highest BCUT2D eigenvalue weighted by atomic mass is 35.5. The molecule has 21 heavy (non-hydrogen) atoms. The van der Waals surface area contributed by atoms with E-state index in [-0.39, 0.29) is 18.9 Å². The SMILES string of the molecule is O=C(CC(O)c1ccc(Cl)cc1)N1CCN(CCO)CC1. The zero-order valence-electron chi connectivity index (χ0n) is 11.9. The monoisotopic (exact) mass is 312 g/mol. The lowest BCUT2D eigenvalue weighted by Crippen LogP contribution is -2.49. The van der Waals surface area contributed by atoms with Crippen LogP contribution in [0.4, 0.5) is 0 Å². The Morgan fingerprint density at radius 2 is 1.81 bits per heavy atom. The van der Waals surface area contributed by atoms with Crippen molar-refractivity contribution < 1.29 is 15.0 Å². The number of hydrogen-bond donors (Lipinski definition) is 2. The lowest BCUT2D eigenvalue weighted by atomic mass is 10.1. The summed E-state index contributed by atoms with van der Waals surface area (Å²) >= 11 is 5.80. The quantitative estimate of drug-likeness (QED) is 0.848. The van der Waals surface area contributed by atoms with Crippen molar-refractivity contribution in [2.75, 3.05) is 39.3 Å². The van der Waals surface area contributed by atoms with Gasteiger partial charge in [-0.1, -0.05) is 23.7 Å². The van der Waals surface area contributed by atoms with Crippen molar-refractivity contribution in [3.8, 4) is 0 Å². The van der Waals surface area contributed by atoms with Gasteiger partial charge in [0.1, 0.15) is 0 Å². The van der Waals surface area contributed by atoms with Gasteiger partial charge >= 0.3 is 0 Å². The van der Waals surface area contributed by atoms with Crippen molar-refractivity contribution in [1.29, 1.82) is 0 Å². The molecule has 2 N–H and O–H groups in total. The maximum atomic E-state index is 12.2. The van der Waals surface area contributed by atoms with Gasteiger partial charge < -0.3 is 15.1 Å². The van der Waals surface area contributed by atoms with E-state index in [4.69, 9.17) is 16.7 Å². The fourth-order valence-electron chi connectivity index (χ4n) is 2.46. The van der Waals surface area contributed by atoms with Crippen molar-refractivity contribution >= 4 is 17.5 Å². The van der Waals surface area contributed by atoms with Gasteiger partial charge in [0.05, 0.1) is 19.1 Å². The molecule has 1 aliphatic heterocycles. The Morgan fingerprint density at radius 1 is 1.19 bits per heavy atom. The molecule has 0 radical (unpaired) electrons. The number of aliphatic hydroxyl groups excluding tert-OH is 2. The zero-order chi connectivity index (χ0) is 15.2. The number of nitrogens with zero attached hydrogens (tertiary/aromatic N) is 2. The van der Waals surface area contributed by atoms with Crippen molar-refractivity contribution in [1.82, 2.24) is 9.80 Å². The maximum Gasteiger partial charge on any atom is 0.225 e. The number of carbonyl (C=O) groups excluding carboxylic acids is 1. The number of benzene rings is 1. The van der Waals surface area contributed by atoms with Crippen LogP contribution in [0.5, 0.6) is 0 Å². The molecule has 1 amide bonds. The van der Waals surface area contributed by atoms with Crippen LogP contribution in [0.25, 0.3) is 0 Å². The molecule has 116 valence electrons. The first-order chi connectivity index (χ1) is 10.1. The lowest BCUT2D eigenvalue weighted by Gasteiger charge is -2.34. The predicted octanol–water partition coefficient (Wildman–Crippen LogP) is 0.900. The summed E-state index contributed by atoms with van der Waals surface area (Å²) < 4.78 is 0. The molecule has 1 saturated heterocycles. The largest absolute Gasteiger partial charge is 0.395 e. The molecule has 0 aliphatic carbocycles. The molecule has 1 unspecified atom stereocenters. The molecule has 0 bridgehead atoms. The standard InChI is InChI=1S/C15H21ClN2O3/c16-13-3-1-12(2-4-13)14(20)11-15(21)18-7-5-17(6-8-18)9-10-19/h1-4,14,19-20H,5-11H2. The first-order valence-electron chi connectivity index (χ1n) is 7.14. The summed E-state index contributed by atoms with van der Waals surface area (Å²) in [5.41, 5.74) is 0.701. The Hall–Kier alpha value is -1.14. The van der Waals surface area contributed by atoms with E-state index in [1.807, 2.05) is 0 Å². The Labute approximate surface area is 129 Å². The summed E-state index contributed by atoms with van der Waals surface area (Å²) in [4.78, 5) is 16.1. The summed E-state index contributed by atoms with van der Waals surface area (Å²) in [7, 11) is 0. The summed E-state index contributed by atoms with van der Waals surface area (Å²) in [5.74, 6) is -0.0406. The topological polar surface area (TPSA) is 64.0 Å². The summed E-state index contributed by atoms with van der Waals surface area (Å²) in [5, 5.41) is 19.6. The first kappa shape index (κ1) is 16.2.